The summed E-state index contributed by atoms with van der Waals surface area (Å²) in [4.78, 5) is 16.9. The van der Waals surface area contributed by atoms with Crippen molar-refractivity contribution in [1.29, 1.82) is 0 Å². The highest BCUT2D eigenvalue weighted by molar-refractivity contribution is 7.89. The van der Waals surface area contributed by atoms with E-state index in [4.69, 9.17) is 14.2 Å². The lowest BCUT2D eigenvalue weighted by Gasteiger charge is -2.37. The van der Waals surface area contributed by atoms with E-state index in [0.29, 0.717) is 56.3 Å². The number of carbonyl (C=O) groups is 1. The molecule has 10 heteroatoms. The first-order valence-corrected chi connectivity index (χ1v) is 14.0. The largest absolute Gasteiger partial charge is 0.493 e. The van der Waals surface area contributed by atoms with Crippen molar-refractivity contribution in [3.05, 3.63) is 75.5 Å². The second kappa shape index (κ2) is 10.2. The van der Waals surface area contributed by atoms with E-state index in [1.807, 2.05) is 34.5 Å². The van der Waals surface area contributed by atoms with E-state index in [-0.39, 0.29) is 16.8 Å². The molecule has 0 radical (unpaired) electrons. The zero-order valence-corrected chi connectivity index (χ0v) is 21.8. The Bertz CT molecular complexity index is 1350. The second-order valence-corrected chi connectivity index (χ2v) is 11.5. The maximum atomic E-state index is 13.9. The third kappa shape index (κ3) is 4.50. The lowest BCUT2D eigenvalue weighted by atomic mass is 9.90. The number of rotatable bonds is 6. The number of methoxy groups -OCH3 is 2. The monoisotopic (exact) mass is 528 g/mol. The standard InChI is InChI=1S/C26H28N2O6S2/c1-32-22-16-18-8-9-28(25(24-7-4-14-35-24)21(18)17-23(22)33-2)26(29)19-5-3-6-20(15-19)36(30,31)27-10-12-34-13-11-27/h3-7,14-17,25H,8-13H2,1-2H3/t25-/m0/s1. The second-order valence-electron chi connectivity index (χ2n) is 8.62. The van der Waals surface area contributed by atoms with Crippen LogP contribution >= 0.6 is 11.3 Å². The van der Waals surface area contributed by atoms with E-state index in [1.54, 1.807) is 43.8 Å². The topological polar surface area (TPSA) is 85.4 Å². The summed E-state index contributed by atoms with van der Waals surface area (Å²) in [6.45, 7) is 1.82. The van der Waals surface area contributed by atoms with E-state index < -0.39 is 10.0 Å². The van der Waals surface area contributed by atoms with Gasteiger partial charge in [0, 0.05) is 30.1 Å². The number of benzene rings is 2. The van der Waals surface area contributed by atoms with Crippen LogP contribution in [0.25, 0.3) is 0 Å². The molecule has 2 aromatic carbocycles. The summed E-state index contributed by atoms with van der Waals surface area (Å²) in [7, 11) is -0.514. The molecule has 1 atom stereocenters. The number of sulfonamides is 1. The van der Waals surface area contributed by atoms with Crippen molar-refractivity contribution in [2.24, 2.45) is 0 Å². The molecule has 1 saturated heterocycles. The molecule has 190 valence electrons. The number of carbonyl (C=O) groups excluding carboxylic acids is 1. The zero-order valence-electron chi connectivity index (χ0n) is 20.2. The zero-order chi connectivity index (χ0) is 25.3. The Kier molecular flexibility index (Phi) is 7.03. The predicted octanol–water partition coefficient (Wildman–Crippen LogP) is 3.57. The molecule has 0 saturated carbocycles. The van der Waals surface area contributed by atoms with Crippen LogP contribution in [0.2, 0.25) is 0 Å². The highest BCUT2D eigenvalue weighted by atomic mass is 32.2. The van der Waals surface area contributed by atoms with Gasteiger partial charge >= 0.3 is 0 Å². The van der Waals surface area contributed by atoms with E-state index in [1.165, 1.54) is 10.4 Å². The van der Waals surface area contributed by atoms with Crippen LogP contribution in [0, 0.1) is 0 Å². The Morgan fingerprint density at radius 3 is 2.44 bits per heavy atom. The minimum absolute atomic E-state index is 0.117. The van der Waals surface area contributed by atoms with Gasteiger partial charge in [-0.25, -0.2) is 8.42 Å². The molecule has 36 heavy (non-hydrogen) atoms. The van der Waals surface area contributed by atoms with Crippen LogP contribution in [0.5, 0.6) is 11.5 Å². The molecular weight excluding hydrogens is 500 g/mol. The van der Waals surface area contributed by atoms with Gasteiger partial charge in [-0.2, -0.15) is 4.31 Å². The fourth-order valence-electron chi connectivity index (χ4n) is 4.81. The molecule has 0 N–H and O–H groups in total. The third-order valence-corrected chi connectivity index (χ3v) is 9.46. The molecule has 0 unspecified atom stereocenters. The van der Waals surface area contributed by atoms with Crippen molar-refractivity contribution in [2.75, 3.05) is 47.1 Å². The summed E-state index contributed by atoms with van der Waals surface area (Å²) in [5.74, 6) is 1.04. The number of hydrogen-bond donors (Lipinski definition) is 0. The number of thiophene rings is 1. The van der Waals surface area contributed by atoms with E-state index in [9.17, 15) is 13.2 Å². The summed E-state index contributed by atoms with van der Waals surface area (Å²) in [6, 6.07) is 13.9. The van der Waals surface area contributed by atoms with E-state index >= 15 is 0 Å². The maximum Gasteiger partial charge on any atom is 0.254 e. The summed E-state index contributed by atoms with van der Waals surface area (Å²) < 4.78 is 44.2. The molecule has 1 amide bonds. The lowest BCUT2D eigenvalue weighted by Crippen LogP contribution is -2.41. The van der Waals surface area contributed by atoms with Crippen molar-refractivity contribution in [3.8, 4) is 11.5 Å². The summed E-state index contributed by atoms with van der Waals surface area (Å²) in [5, 5.41) is 1.99. The van der Waals surface area contributed by atoms with Gasteiger partial charge in [0.2, 0.25) is 10.0 Å². The molecule has 8 nitrogen and oxygen atoms in total. The van der Waals surface area contributed by atoms with Crippen molar-refractivity contribution >= 4 is 27.3 Å². The molecule has 3 heterocycles. The van der Waals surface area contributed by atoms with Crippen LogP contribution in [0.1, 0.15) is 32.4 Å². The molecule has 0 aliphatic carbocycles. The predicted molar refractivity (Wildman–Crippen MR) is 136 cm³/mol. The molecule has 1 fully saturated rings. The SMILES string of the molecule is COc1cc2c(cc1OC)[C@@H](c1cccs1)N(C(=O)c1cccc(S(=O)(=O)N3CCOCC3)c1)CC2. The first-order chi connectivity index (χ1) is 17.4. The fourth-order valence-corrected chi connectivity index (χ4v) is 7.12. The third-order valence-electron chi connectivity index (χ3n) is 6.64. The van der Waals surface area contributed by atoms with Crippen LogP contribution in [-0.2, 0) is 21.2 Å². The summed E-state index contributed by atoms with van der Waals surface area (Å²) >= 11 is 1.58. The number of morpholine rings is 1. The van der Waals surface area contributed by atoms with Gasteiger partial charge in [0.1, 0.15) is 0 Å². The number of ether oxygens (including phenoxy) is 3. The summed E-state index contributed by atoms with van der Waals surface area (Å²) in [5.41, 5.74) is 2.42. The van der Waals surface area contributed by atoms with E-state index in [0.717, 1.165) is 16.0 Å². The average molecular weight is 529 g/mol. The first-order valence-electron chi connectivity index (χ1n) is 11.7. The number of hydrogen-bond acceptors (Lipinski definition) is 7. The number of fused-ring (bicyclic) bond motifs is 1. The van der Waals surface area contributed by atoms with Crippen LogP contribution in [0.3, 0.4) is 0 Å². The molecule has 1 aromatic heterocycles. The van der Waals surface area contributed by atoms with Crippen LogP contribution in [-0.4, -0.2) is 70.6 Å². The van der Waals surface area contributed by atoms with Gasteiger partial charge in [-0.1, -0.05) is 12.1 Å². The quantitative estimate of drug-likeness (QED) is 0.486. The average Bonchev–Trinajstić information content (AvgIpc) is 3.46. The van der Waals surface area contributed by atoms with Crippen LogP contribution < -0.4 is 9.47 Å². The minimum Gasteiger partial charge on any atom is -0.493 e. The highest BCUT2D eigenvalue weighted by Gasteiger charge is 2.35. The molecule has 5 rings (SSSR count). The van der Waals surface area contributed by atoms with Gasteiger partial charge in [0.25, 0.3) is 5.91 Å². The Labute approximate surface area is 215 Å². The van der Waals surface area contributed by atoms with Crippen molar-refractivity contribution < 1.29 is 27.4 Å². The van der Waals surface area contributed by atoms with Gasteiger partial charge in [-0.15, -0.1) is 11.3 Å². The van der Waals surface area contributed by atoms with Crippen LogP contribution in [0.4, 0.5) is 0 Å². The molecule has 3 aromatic rings. The van der Waals surface area contributed by atoms with Crippen molar-refractivity contribution in [1.82, 2.24) is 9.21 Å². The van der Waals surface area contributed by atoms with Gasteiger partial charge in [0.15, 0.2) is 11.5 Å². The Morgan fingerprint density at radius 2 is 1.75 bits per heavy atom. The highest BCUT2D eigenvalue weighted by Crippen LogP contribution is 2.42. The Balaban J connectivity index is 1.52. The number of amides is 1. The molecule has 0 spiro atoms. The van der Waals surface area contributed by atoms with Gasteiger partial charge < -0.3 is 19.1 Å². The minimum atomic E-state index is -3.72. The normalized spacial score (nSPS) is 18.5. The van der Waals surface area contributed by atoms with Gasteiger partial charge in [-0.05, 0) is 59.3 Å². The molecule has 0 bridgehead atoms. The molecule has 2 aliphatic heterocycles. The lowest BCUT2D eigenvalue weighted by molar-refractivity contribution is 0.0696. The summed E-state index contributed by atoms with van der Waals surface area (Å²) in [6.07, 6.45) is 0.648. The van der Waals surface area contributed by atoms with Crippen LogP contribution in [0.15, 0.2) is 58.8 Å². The first kappa shape index (κ1) is 24.8. The Hall–Kier alpha value is -2.92. The van der Waals surface area contributed by atoms with Crippen molar-refractivity contribution in [3.63, 3.8) is 0 Å². The van der Waals surface area contributed by atoms with Crippen molar-refractivity contribution in [2.45, 2.75) is 17.4 Å². The van der Waals surface area contributed by atoms with E-state index in [2.05, 4.69) is 0 Å². The number of nitrogens with zero attached hydrogens (tertiary/aromatic N) is 2. The molecular formula is C26H28N2O6S2. The smallest absolute Gasteiger partial charge is 0.254 e. The molecule has 2 aliphatic rings. The van der Waals surface area contributed by atoms with Gasteiger partial charge in [0.05, 0.1) is 38.4 Å². The maximum absolute atomic E-state index is 13.9. The Morgan fingerprint density at radius 1 is 1.00 bits per heavy atom. The fraction of sp³-hybridized carbons (Fsp3) is 0.346. The van der Waals surface area contributed by atoms with Gasteiger partial charge in [-0.3, -0.25) is 4.79 Å².